The van der Waals surface area contributed by atoms with Crippen molar-refractivity contribution in [2.75, 3.05) is 40.3 Å². The number of carbonyl (C=O) groups excluding carboxylic acids is 2. The van der Waals surface area contributed by atoms with Crippen LogP contribution in [0.4, 0.5) is 0 Å². The number of aromatic amines is 1. The van der Waals surface area contributed by atoms with Crippen LogP contribution in [0.2, 0.25) is 0 Å². The molecule has 0 aliphatic carbocycles. The van der Waals surface area contributed by atoms with Crippen LogP contribution in [-0.4, -0.2) is 66.9 Å². The van der Waals surface area contributed by atoms with Crippen molar-refractivity contribution in [3.8, 4) is 0 Å². The highest BCUT2D eigenvalue weighted by Gasteiger charge is 2.26. The molecule has 0 aromatic carbocycles. The van der Waals surface area contributed by atoms with Crippen molar-refractivity contribution < 1.29 is 9.59 Å². The average molecular weight is 334 g/mol. The van der Waals surface area contributed by atoms with E-state index in [0.29, 0.717) is 24.6 Å². The zero-order valence-corrected chi connectivity index (χ0v) is 15.3. The normalized spacial score (nSPS) is 15.8. The number of hydrogen-bond acceptors (Lipinski definition) is 3. The fourth-order valence-corrected chi connectivity index (χ4v) is 3.20. The predicted octanol–water partition coefficient (Wildman–Crippen LogP) is 1.55. The van der Waals surface area contributed by atoms with Crippen LogP contribution in [0, 0.1) is 19.8 Å². The third-order valence-corrected chi connectivity index (χ3v) is 4.62. The van der Waals surface area contributed by atoms with Gasteiger partial charge in [0.15, 0.2) is 0 Å². The molecule has 0 unspecified atom stereocenters. The lowest BCUT2D eigenvalue weighted by molar-refractivity contribution is -0.122. The van der Waals surface area contributed by atoms with E-state index in [4.69, 9.17) is 0 Å². The molecule has 6 nitrogen and oxygen atoms in total. The molecule has 134 valence electrons. The molecule has 1 aromatic heterocycles. The predicted molar refractivity (Wildman–Crippen MR) is 95.1 cm³/mol. The van der Waals surface area contributed by atoms with Gasteiger partial charge in [0, 0.05) is 38.3 Å². The van der Waals surface area contributed by atoms with Crippen molar-refractivity contribution >= 4 is 11.8 Å². The highest BCUT2D eigenvalue weighted by Crippen LogP contribution is 2.22. The molecule has 0 saturated carbocycles. The Balaban J connectivity index is 1.76. The van der Waals surface area contributed by atoms with Gasteiger partial charge in [-0.25, -0.2) is 0 Å². The summed E-state index contributed by atoms with van der Waals surface area (Å²) in [6, 6.07) is 2.00. The number of hydrogen-bond donors (Lipinski definition) is 2. The third kappa shape index (κ3) is 5.09. The monoisotopic (exact) mass is 334 g/mol. The molecule has 2 amide bonds. The van der Waals surface area contributed by atoms with E-state index in [1.54, 1.807) is 0 Å². The summed E-state index contributed by atoms with van der Waals surface area (Å²) in [7, 11) is 3.98. The van der Waals surface area contributed by atoms with Gasteiger partial charge in [-0.05, 0) is 58.3 Å². The lowest BCUT2D eigenvalue weighted by Crippen LogP contribution is -2.40. The highest BCUT2D eigenvalue weighted by molar-refractivity contribution is 5.94. The molecule has 24 heavy (non-hydrogen) atoms. The first-order valence-corrected chi connectivity index (χ1v) is 8.73. The largest absolute Gasteiger partial charge is 0.355 e. The second kappa shape index (κ2) is 8.33. The lowest BCUT2D eigenvalue weighted by Gasteiger charge is -2.31. The number of carbonyl (C=O) groups is 2. The van der Waals surface area contributed by atoms with Crippen LogP contribution in [0.3, 0.4) is 0 Å². The van der Waals surface area contributed by atoms with Crippen LogP contribution in [0.1, 0.15) is 41.0 Å². The smallest absolute Gasteiger partial charge is 0.270 e. The standard InChI is InChI=1S/C18H30N4O2/c1-13-11-14(2)20-17(13)18(24)22-8-5-15(6-9-22)12-16(23)19-7-10-21(3)4/h11,15,20H,5-10,12H2,1-4H3,(H,19,23). The topological polar surface area (TPSA) is 68.4 Å². The van der Waals surface area contributed by atoms with E-state index in [9.17, 15) is 9.59 Å². The van der Waals surface area contributed by atoms with Gasteiger partial charge in [-0.1, -0.05) is 0 Å². The summed E-state index contributed by atoms with van der Waals surface area (Å²) >= 11 is 0. The van der Waals surface area contributed by atoms with Gasteiger partial charge in [-0.2, -0.15) is 0 Å². The molecule has 1 fully saturated rings. The Kier molecular flexibility index (Phi) is 6.43. The SMILES string of the molecule is Cc1cc(C)c(C(=O)N2CCC(CC(=O)NCCN(C)C)CC2)[nH]1. The van der Waals surface area contributed by atoms with E-state index in [-0.39, 0.29) is 11.8 Å². The second-order valence-corrected chi connectivity index (χ2v) is 7.10. The fourth-order valence-electron chi connectivity index (χ4n) is 3.20. The number of amides is 2. The van der Waals surface area contributed by atoms with Crippen LogP contribution >= 0.6 is 0 Å². The van der Waals surface area contributed by atoms with Crippen LogP contribution in [0.5, 0.6) is 0 Å². The highest BCUT2D eigenvalue weighted by atomic mass is 16.2. The van der Waals surface area contributed by atoms with E-state index in [1.165, 1.54) is 0 Å². The number of nitrogens with zero attached hydrogens (tertiary/aromatic N) is 2. The molecule has 0 bridgehead atoms. The fraction of sp³-hybridized carbons (Fsp3) is 0.667. The molecule has 0 radical (unpaired) electrons. The van der Waals surface area contributed by atoms with E-state index >= 15 is 0 Å². The molecule has 6 heteroatoms. The number of likely N-dealkylation sites (N-methyl/N-ethyl adjacent to an activating group) is 1. The first kappa shape index (κ1) is 18.5. The van der Waals surface area contributed by atoms with E-state index < -0.39 is 0 Å². The van der Waals surface area contributed by atoms with E-state index in [0.717, 1.165) is 43.7 Å². The van der Waals surface area contributed by atoms with Gasteiger partial charge >= 0.3 is 0 Å². The van der Waals surface area contributed by atoms with Crippen molar-refractivity contribution in [2.45, 2.75) is 33.1 Å². The molecule has 0 atom stereocenters. The summed E-state index contributed by atoms with van der Waals surface area (Å²) in [5.74, 6) is 0.576. The van der Waals surface area contributed by atoms with Gasteiger partial charge < -0.3 is 20.1 Å². The van der Waals surface area contributed by atoms with Crippen LogP contribution in [0.25, 0.3) is 0 Å². The quantitative estimate of drug-likeness (QED) is 0.829. The molecule has 2 rings (SSSR count). The number of nitrogens with one attached hydrogen (secondary N) is 2. The number of piperidine rings is 1. The summed E-state index contributed by atoms with van der Waals surface area (Å²) in [5.41, 5.74) is 2.72. The number of rotatable bonds is 6. The molecular formula is C18H30N4O2. The second-order valence-electron chi connectivity index (χ2n) is 7.10. The molecule has 2 heterocycles. The van der Waals surface area contributed by atoms with Gasteiger partial charge in [0.25, 0.3) is 5.91 Å². The van der Waals surface area contributed by atoms with Crippen molar-refractivity contribution in [1.82, 2.24) is 20.1 Å². The Morgan fingerprint density at radius 2 is 1.96 bits per heavy atom. The third-order valence-electron chi connectivity index (χ3n) is 4.62. The zero-order chi connectivity index (χ0) is 17.7. The molecule has 2 N–H and O–H groups in total. The molecule has 1 aliphatic heterocycles. The Labute approximate surface area is 144 Å². The van der Waals surface area contributed by atoms with Gasteiger partial charge in [0.2, 0.25) is 5.91 Å². The summed E-state index contributed by atoms with van der Waals surface area (Å²) in [6.45, 7) is 6.92. The van der Waals surface area contributed by atoms with Gasteiger partial charge in [-0.3, -0.25) is 9.59 Å². The first-order valence-electron chi connectivity index (χ1n) is 8.73. The maximum atomic E-state index is 12.6. The summed E-state index contributed by atoms with van der Waals surface area (Å²) in [6.07, 6.45) is 2.35. The van der Waals surface area contributed by atoms with Crippen LogP contribution in [-0.2, 0) is 4.79 Å². The maximum absolute atomic E-state index is 12.6. The Bertz CT molecular complexity index is 572. The van der Waals surface area contributed by atoms with Crippen molar-refractivity contribution in [2.24, 2.45) is 5.92 Å². The molecule has 0 spiro atoms. The minimum absolute atomic E-state index is 0.0782. The minimum Gasteiger partial charge on any atom is -0.355 e. The van der Waals surface area contributed by atoms with Gasteiger partial charge in [-0.15, -0.1) is 0 Å². The summed E-state index contributed by atoms with van der Waals surface area (Å²) in [4.78, 5) is 31.7. The minimum atomic E-state index is 0.0782. The van der Waals surface area contributed by atoms with Crippen LogP contribution in [0.15, 0.2) is 6.07 Å². The molecule has 1 aromatic rings. The van der Waals surface area contributed by atoms with Crippen LogP contribution < -0.4 is 5.32 Å². The van der Waals surface area contributed by atoms with E-state index in [2.05, 4.69) is 15.2 Å². The van der Waals surface area contributed by atoms with Crippen molar-refractivity contribution in [3.05, 3.63) is 23.0 Å². The maximum Gasteiger partial charge on any atom is 0.270 e. The average Bonchev–Trinajstić information content (AvgIpc) is 2.85. The summed E-state index contributed by atoms with van der Waals surface area (Å²) < 4.78 is 0. The number of likely N-dealkylation sites (tertiary alicyclic amines) is 1. The number of H-pyrrole nitrogens is 1. The molecule has 1 aliphatic rings. The number of aromatic nitrogens is 1. The number of aryl methyl sites for hydroxylation is 2. The molecular weight excluding hydrogens is 304 g/mol. The Morgan fingerprint density at radius 1 is 1.29 bits per heavy atom. The van der Waals surface area contributed by atoms with Crippen molar-refractivity contribution in [1.29, 1.82) is 0 Å². The first-order chi connectivity index (χ1) is 11.4. The Hall–Kier alpha value is -1.82. The van der Waals surface area contributed by atoms with E-state index in [1.807, 2.05) is 38.9 Å². The Morgan fingerprint density at radius 3 is 2.50 bits per heavy atom. The van der Waals surface area contributed by atoms with Crippen molar-refractivity contribution in [3.63, 3.8) is 0 Å². The summed E-state index contributed by atoms with van der Waals surface area (Å²) in [5, 5.41) is 2.97. The molecule has 1 saturated heterocycles. The van der Waals surface area contributed by atoms with Gasteiger partial charge in [0.1, 0.15) is 5.69 Å². The lowest BCUT2D eigenvalue weighted by atomic mass is 9.93. The van der Waals surface area contributed by atoms with Gasteiger partial charge in [0.05, 0.1) is 0 Å². The zero-order valence-electron chi connectivity index (χ0n) is 15.3.